The fourth-order valence-electron chi connectivity index (χ4n) is 3.18. The van der Waals surface area contributed by atoms with E-state index >= 15 is 0 Å². The molecule has 0 saturated heterocycles. The van der Waals surface area contributed by atoms with Crippen LogP contribution >= 0.6 is 0 Å². The Kier molecular flexibility index (Phi) is 4.96. The molecule has 0 atom stereocenters. The van der Waals surface area contributed by atoms with Gasteiger partial charge in [0.25, 0.3) is 0 Å². The fraction of sp³-hybridized carbons (Fsp3) is 0.0833. The van der Waals surface area contributed by atoms with Gasteiger partial charge in [-0.1, -0.05) is 30.3 Å². The number of hydrogen-bond donors (Lipinski definition) is 0. The third kappa shape index (κ3) is 3.80. The summed E-state index contributed by atoms with van der Waals surface area (Å²) >= 11 is 0. The zero-order valence-corrected chi connectivity index (χ0v) is 15.6. The predicted molar refractivity (Wildman–Crippen MR) is 109 cm³/mol. The molecular formula is C24H17FO4. The Morgan fingerprint density at radius 2 is 1.72 bits per heavy atom. The van der Waals surface area contributed by atoms with Gasteiger partial charge in [0.05, 0.1) is 10.9 Å². The van der Waals surface area contributed by atoms with Gasteiger partial charge in [-0.3, -0.25) is 9.59 Å². The number of carbonyl (C=O) groups is 1. The summed E-state index contributed by atoms with van der Waals surface area (Å²) in [4.78, 5) is 25.1. The highest BCUT2D eigenvalue weighted by Gasteiger charge is 2.14. The zero-order chi connectivity index (χ0) is 20.4. The van der Waals surface area contributed by atoms with Gasteiger partial charge in [-0.25, -0.2) is 4.39 Å². The number of Topliss-reactive ketones (excluding diaryl/α,β-unsaturated/α-hetero) is 1. The minimum Gasteiger partial charge on any atom is -0.485 e. The standard InChI is InChI=1S/C24H17FO4/c1-15-23(17-5-3-2-4-6-17)24(27)20-12-11-19(13-22(20)29-15)28-14-21(26)16-7-9-18(25)10-8-16/h2-13H,14H2,1H3. The first-order chi connectivity index (χ1) is 14.0. The molecule has 29 heavy (non-hydrogen) atoms. The highest BCUT2D eigenvalue weighted by atomic mass is 19.1. The third-order valence-corrected chi connectivity index (χ3v) is 4.64. The molecule has 0 aliphatic carbocycles. The quantitative estimate of drug-likeness (QED) is 0.443. The van der Waals surface area contributed by atoms with Crippen LogP contribution in [0.15, 0.2) is 82.0 Å². The van der Waals surface area contributed by atoms with Crippen molar-refractivity contribution in [2.24, 2.45) is 0 Å². The number of carbonyl (C=O) groups excluding carboxylic acids is 1. The van der Waals surface area contributed by atoms with Gasteiger partial charge in [-0.2, -0.15) is 0 Å². The van der Waals surface area contributed by atoms with Crippen molar-refractivity contribution in [2.45, 2.75) is 6.92 Å². The summed E-state index contributed by atoms with van der Waals surface area (Å²) in [5, 5.41) is 0.437. The molecule has 4 nitrogen and oxygen atoms in total. The van der Waals surface area contributed by atoms with E-state index in [0.717, 1.165) is 5.56 Å². The van der Waals surface area contributed by atoms with Crippen LogP contribution in [0.2, 0.25) is 0 Å². The lowest BCUT2D eigenvalue weighted by molar-refractivity contribution is 0.0921. The maximum Gasteiger partial charge on any atom is 0.200 e. The molecule has 0 radical (unpaired) electrons. The number of ether oxygens (including phenoxy) is 1. The van der Waals surface area contributed by atoms with Gasteiger partial charge < -0.3 is 9.15 Å². The van der Waals surface area contributed by atoms with Crippen molar-refractivity contribution in [1.82, 2.24) is 0 Å². The minimum atomic E-state index is -0.405. The fourth-order valence-corrected chi connectivity index (χ4v) is 3.18. The molecule has 0 bridgehead atoms. The van der Waals surface area contributed by atoms with Crippen LogP contribution in [0.1, 0.15) is 16.1 Å². The summed E-state index contributed by atoms with van der Waals surface area (Å²) in [6, 6.07) is 19.5. The molecule has 0 spiro atoms. The summed E-state index contributed by atoms with van der Waals surface area (Å²) in [6.45, 7) is 1.54. The topological polar surface area (TPSA) is 56.5 Å². The predicted octanol–water partition coefficient (Wildman–Crippen LogP) is 5.17. The lowest BCUT2D eigenvalue weighted by atomic mass is 10.0. The largest absolute Gasteiger partial charge is 0.485 e. The first kappa shape index (κ1) is 18.6. The van der Waals surface area contributed by atoms with Crippen molar-refractivity contribution in [3.05, 3.63) is 100 Å². The Morgan fingerprint density at radius 1 is 1.00 bits per heavy atom. The molecule has 4 aromatic rings. The SMILES string of the molecule is Cc1oc2cc(OCC(=O)c3ccc(F)cc3)ccc2c(=O)c1-c1ccccc1. The monoisotopic (exact) mass is 388 g/mol. The van der Waals surface area contributed by atoms with Crippen molar-refractivity contribution < 1.29 is 18.3 Å². The molecule has 3 aromatic carbocycles. The van der Waals surface area contributed by atoms with Crippen LogP contribution in [-0.4, -0.2) is 12.4 Å². The molecule has 144 valence electrons. The second-order valence-electron chi connectivity index (χ2n) is 6.61. The Bertz CT molecular complexity index is 1240. The third-order valence-electron chi connectivity index (χ3n) is 4.64. The van der Waals surface area contributed by atoms with Gasteiger partial charge in [0, 0.05) is 11.6 Å². The van der Waals surface area contributed by atoms with Crippen molar-refractivity contribution in [3.8, 4) is 16.9 Å². The van der Waals surface area contributed by atoms with E-state index in [1.807, 2.05) is 30.3 Å². The van der Waals surface area contributed by atoms with Gasteiger partial charge in [0.15, 0.2) is 12.4 Å². The summed E-state index contributed by atoms with van der Waals surface area (Å²) in [6.07, 6.45) is 0. The van der Waals surface area contributed by atoms with Crippen molar-refractivity contribution in [2.75, 3.05) is 6.61 Å². The summed E-state index contributed by atoms with van der Waals surface area (Å²) < 4.78 is 24.4. The van der Waals surface area contributed by atoms with Crippen LogP contribution in [0.5, 0.6) is 5.75 Å². The van der Waals surface area contributed by atoms with E-state index in [2.05, 4.69) is 0 Å². The molecule has 0 aliphatic rings. The Hall–Kier alpha value is -3.73. The molecule has 0 fully saturated rings. The van der Waals surface area contributed by atoms with E-state index < -0.39 is 5.82 Å². The van der Waals surface area contributed by atoms with Crippen LogP contribution in [0.4, 0.5) is 4.39 Å². The number of halogens is 1. The van der Waals surface area contributed by atoms with Crippen molar-refractivity contribution in [1.29, 1.82) is 0 Å². The highest BCUT2D eigenvalue weighted by Crippen LogP contribution is 2.26. The molecule has 5 heteroatoms. The van der Waals surface area contributed by atoms with Crippen molar-refractivity contribution in [3.63, 3.8) is 0 Å². The van der Waals surface area contributed by atoms with Crippen molar-refractivity contribution >= 4 is 16.8 Å². The number of hydrogen-bond acceptors (Lipinski definition) is 4. The smallest absolute Gasteiger partial charge is 0.200 e. The Balaban J connectivity index is 1.61. The van der Waals surface area contributed by atoms with E-state index in [0.29, 0.717) is 33.6 Å². The number of fused-ring (bicyclic) bond motifs is 1. The van der Waals surface area contributed by atoms with Crippen LogP contribution in [-0.2, 0) is 0 Å². The molecule has 1 heterocycles. The molecule has 4 rings (SSSR count). The maximum atomic E-state index is 13.0. The second-order valence-corrected chi connectivity index (χ2v) is 6.61. The first-order valence-corrected chi connectivity index (χ1v) is 9.07. The second kappa shape index (κ2) is 7.72. The van der Waals surface area contributed by atoms with Crippen LogP contribution in [0.3, 0.4) is 0 Å². The number of rotatable bonds is 5. The van der Waals surface area contributed by atoms with Gasteiger partial charge in [0.2, 0.25) is 5.43 Å². The maximum absolute atomic E-state index is 13.0. The van der Waals surface area contributed by atoms with Gasteiger partial charge in [-0.05, 0) is 48.9 Å². The van der Waals surface area contributed by atoms with E-state index in [4.69, 9.17) is 9.15 Å². The summed E-state index contributed by atoms with van der Waals surface area (Å²) in [5.74, 6) is 0.232. The average molecular weight is 388 g/mol. The van der Waals surface area contributed by atoms with Gasteiger partial charge in [0.1, 0.15) is 22.9 Å². The molecule has 1 aromatic heterocycles. The first-order valence-electron chi connectivity index (χ1n) is 9.07. The van der Waals surface area contributed by atoms with Gasteiger partial charge >= 0.3 is 0 Å². The lowest BCUT2D eigenvalue weighted by Crippen LogP contribution is -2.12. The zero-order valence-electron chi connectivity index (χ0n) is 15.6. The normalized spacial score (nSPS) is 10.8. The molecular weight excluding hydrogens is 371 g/mol. The Labute approximate surface area is 166 Å². The Morgan fingerprint density at radius 3 is 2.45 bits per heavy atom. The van der Waals surface area contributed by atoms with E-state index in [9.17, 15) is 14.0 Å². The molecule has 0 amide bonds. The molecule has 0 aliphatic heterocycles. The van der Waals surface area contributed by atoms with E-state index in [-0.39, 0.29) is 17.8 Å². The van der Waals surface area contributed by atoms with Crippen LogP contribution in [0, 0.1) is 12.7 Å². The van der Waals surface area contributed by atoms with Crippen LogP contribution < -0.4 is 10.2 Å². The number of benzene rings is 3. The number of ketones is 1. The van der Waals surface area contributed by atoms with Crippen LogP contribution in [0.25, 0.3) is 22.1 Å². The lowest BCUT2D eigenvalue weighted by Gasteiger charge is -2.09. The van der Waals surface area contributed by atoms with Gasteiger partial charge in [-0.15, -0.1) is 0 Å². The van der Waals surface area contributed by atoms with E-state index in [1.165, 1.54) is 24.3 Å². The minimum absolute atomic E-state index is 0.121. The summed E-state index contributed by atoms with van der Waals surface area (Å²) in [5.41, 5.74) is 1.95. The molecule has 0 unspecified atom stereocenters. The highest BCUT2D eigenvalue weighted by molar-refractivity contribution is 5.97. The summed E-state index contributed by atoms with van der Waals surface area (Å²) in [7, 11) is 0. The van der Waals surface area contributed by atoms with E-state index in [1.54, 1.807) is 25.1 Å². The average Bonchev–Trinajstić information content (AvgIpc) is 2.73. The molecule has 0 saturated carbocycles. The number of aryl methyl sites for hydroxylation is 1. The molecule has 0 N–H and O–H groups in total.